The van der Waals surface area contributed by atoms with Crippen LogP contribution in [0.15, 0.2) is 17.4 Å². The van der Waals surface area contributed by atoms with Gasteiger partial charge in [0.25, 0.3) is 0 Å². The number of carbonyl (C=O) groups is 1. The Hall–Kier alpha value is -1.36. The zero-order chi connectivity index (χ0) is 18.4. The molecule has 1 unspecified atom stereocenters. The van der Waals surface area contributed by atoms with Crippen molar-refractivity contribution >= 4 is 35.8 Å². The number of hydrogen-bond acceptors (Lipinski definition) is 4. The molecule has 2 heterocycles. The van der Waals surface area contributed by atoms with Crippen molar-refractivity contribution in [2.45, 2.75) is 26.9 Å². The van der Waals surface area contributed by atoms with Crippen LogP contribution < -0.4 is 10.6 Å². The maximum absolute atomic E-state index is 11.9. The summed E-state index contributed by atoms with van der Waals surface area (Å²) in [4.78, 5) is 18.4. The SMILES string of the molecule is CN=C(NCCNC(=O)C(C)(C)C)N1CCOC(c2cnn(C)c2)C1.I. The van der Waals surface area contributed by atoms with Crippen molar-refractivity contribution < 1.29 is 9.53 Å². The van der Waals surface area contributed by atoms with E-state index in [0.29, 0.717) is 19.7 Å². The Morgan fingerprint density at radius 1 is 1.38 bits per heavy atom. The maximum atomic E-state index is 11.9. The molecular weight excluding hydrogens is 447 g/mol. The lowest BCUT2D eigenvalue weighted by Crippen LogP contribution is -2.49. The highest BCUT2D eigenvalue weighted by atomic mass is 127. The van der Waals surface area contributed by atoms with Crippen molar-refractivity contribution in [1.29, 1.82) is 0 Å². The number of nitrogens with one attached hydrogen (secondary N) is 2. The Kier molecular flexibility index (Phi) is 8.81. The Morgan fingerprint density at radius 2 is 2.08 bits per heavy atom. The molecule has 1 aliphatic rings. The van der Waals surface area contributed by atoms with Gasteiger partial charge in [0.1, 0.15) is 6.10 Å². The van der Waals surface area contributed by atoms with Gasteiger partial charge in [-0.1, -0.05) is 20.8 Å². The first-order valence-electron chi connectivity index (χ1n) is 8.65. The minimum Gasteiger partial charge on any atom is -0.370 e. The van der Waals surface area contributed by atoms with E-state index in [4.69, 9.17) is 4.74 Å². The minimum absolute atomic E-state index is 0. The molecule has 0 aliphatic carbocycles. The monoisotopic (exact) mass is 478 g/mol. The van der Waals surface area contributed by atoms with Crippen molar-refractivity contribution in [1.82, 2.24) is 25.3 Å². The van der Waals surface area contributed by atoms with Crippen molar-refractivity contribution in [3.63, 3.8) is 0 Å². The molecule has 1 atom stereocenters. The number of halogens is 1. The number of hydrogen-bond donors (Lipinski definition) is 2. The van der Waals surface area contributed by atoms with Crippen LogP contribution in [0.2, 0.25) is 0 Å². The fourth-order valence-corrected chi connectivity index (χ4v) is 2.60. The first kappa shape index (κ1) is 22.7. The van der Waals surface area contributed by atoms with Gasteiger partial charge in [-0.3, -0.25) is 14.5 Å². The lowest BCUT2D eigenvalue weighted by molar-refractivity contribution is -0.128. The highest BCUT2D eigenvalue weighted by Crippen LogP contribution is 2.21. The number of carbonyl (C=O) groups excluding carboxylic acids is 1. The summed E-state index contributed by atoms with van der Waals surface area (Å²) in [6.45, 7) is 9.05. The Bertz CT molecular complexity index is 611. The van der Waals surface area contributed by atoms with E-state index in [9.17, 15) is 4.79 Å². The first-order valence-corrected chi connectivity index (χ1v) is 8.65. The molecule has 9 heteroatoms. The molecule has 0 saturated carbocycles. The summed E-state index contributed by atoms with van der Waals surface area (Å²) in [7, 11) is 3.67. The van der Waals surface area contributed by atoms with Crippen molar-refractivity contribution in [3.05, 3.63) is 18.0 Å². The molecule has 26 heavy (non-hydrogen) atoms. The molecular formula is C17H31IN6O2. The average molecular weight is 478 g/mol. The van der Waals surface area contributed by atoms with Gasteiger partial charge in [0.05, 0.1) is 19.3 Å². The van der Waals surface area contributed by atoms with Crippen LogP contribution in [0.25, 0.3) is 0 Å². The molecule has 0 radical (unpaired) electrons. The lowest BCUT2D eigenvalue weighted by atomic mass is 9.96. The van der Waals surface area contributed by atoms with Gasteiger partial charge >= 0.3 is 0 Å². The molecule has 2 N–H and O–H groups in total. The van der Waals surface area contributed by atoms with Crippen molar-refractivity contribution in [2.24, 2.45) is 17.5 Å². The van der Waals surface area contributed by atoms with E-state index in [0.717, 1.165) is 24.6 Å². The van der Waals surface area contributed by atoms with Crippen LogP contribution in [0.5, 0.6) is 0 Å². The molecule has 1 amide bonds. The normalized spacial score (nSPS) is 18.3. The number of aromatic nitrogens is 2. The van der Waals surface area contributed by atoms with Crippen molar-refractivity contribution in [3.8, 4) is 0 Å². The standard InChI is InChI=1S/C17H30N6O2.HI/c1-17(2,3)15(24)19-6-7-20-16(18-4)23-8-9-25-14(12-23)13-10-21-22(5)11-13;/h10-11,14H,6-9,12H2,1-5H3,(H,18,20)(H,19,24);1H. The van der Waals surface area contributed by atoms with Crippen LogP contribution in [0.3, 0.4) is 0 Å². The lowest BCUT2D eigenvalue weighted by Gasteiger charge is -2.34. The van der Waals surface area contributed by atoms with Gasteiger partial charge in [-0.15, -0.1) is 24.0 Å². The molecule has 1 saturated heterocycles. The van der Waals surface area contributed by atoms with Crippen molar-refractivity contribution in [2.75, 3.05) is 39.8 Å². The predicted molar refractivity (Wildman–Crippen MR) is 113 cm³/mol. The number of aryl methyl sites for hydroxylation is 1. The third-order valence-electron chi connectivity index (χ3n) is 4.05. The molecule has 1 aliphatic heterocycles. The summed E-state index contributed by atoms with van der Waals surface area (Å²) in [5.74, 6) is 0.870. The summed E-state index contributed by atoms with van der Waals surface area (Å²) in [5, 5.41) is 10.5. The van der Waals surface area contributed by atoms with E-state index in [-0.39, 0.29) is 41.4 Å². The number of ether oxygens (including phenoxy) is 1. The maximum Gasteiger partial charge on any atom is 0.225 e. The Morgan fingerprint density at radius 3 is 2.65 bits per heavy atom. The Labute approximate surface area is 172 Å². The average Bonchev–Trinajstić information content (AvgIpc) is 3.00. The smallest absolute Gasteiger partial charge is 0.225 e. The van der Waals surface area contributed by atoms with Gasteiger partial charge in [-0.05, 0) is 0 Å². The highest BCUT2D eigenvalue weighted by Gasteiger charge is 2.25. The predicted octanol–water partition coefficient (Wildman–Crippen LogP) is 1.15. The quantitative estimate of drug-likeness (QED) is 0.294. The van der Waals surface area contributed by atoms with Gasteiger partial charge in [0.2, 0.25) is 5.91 Å². The molecule has 1 fully saturated rings. The second-order valence-corrected chi connectivity index (χ2v) is 7.23. The van der Waals surface area contributed by atoms with E-state index in [1.54, 1.807) is 11.7 Å². The van der Waals surface area contributed by atoms with Crippen LogP contribution in [-0.4, -0.2) is 66.4 Å². The molecule has 148 valence electrons. The molecule has 1 aromatic heterocycles. The number of nitrogens with zero attached hydrogens (tertiary/aromatic N) is 4. The van der Waals surface area contributed by atoms with Gasteiger partial charge in [0, 0.05) is 50.9 Å². The number of morpholine rings is 1. The van der Waals surface area contributed by atoms with Gasteiger partial charge in [0.15, 0.2) is 5.96 Å². The number of aliphatic imine (C=N–C) groups is 1. The zero-order valence-electron chi connectivity index (χ0n) is 16.3. The molecule has 0 spiro atoms. The highest BCUT2D eigenvalue weighted by molar-refractivity contribution is 14.0. The number of guanidine groups is 1. The summed E-state index contributed by atoms with van der Waals surface area (Å²) in [6, 6.07) is 0. The number of rotatable bonds is 4. The van der Waals surface area contributed by atoms with E-state index in [2.05, 4.69) is 25.6 Å². The molecule has 2 rings (SSSR count). The summed E-state index contributed by atoms with van der Waals surface area (Å²) in [5.41, 5.74) is 0.697. The summed E-state index contributed by atoms with van der Waals surface area (Å²) >= 11 is 0. The van der Waals surface area contributed by atoms with Crippen LogP contribution >= 0.6 is 24.0 Å². The van der Waals surface area contributed by atoms with Crippen LogP contribution in [0.4, 0.5) is 0 Å². The fraction of sp³-hybridized carbons (Fsp3) is 0.706. The van der Waals surface area contributed by atoms with Gasteiger partial charge in [-0.2, -0.15) is 5.10 Å². The fourth-order valence-electron chi connectivity index (χ4n) is 2.60. The second kappa shape index (κ2) is 10.1. The Balaban J connectivity index is 0.00000338. The third-order valence-corrected chi connectivity index (χ3v) is 4.05. The molecule has 8 nitrogen and oxygen atoms in total. The first-order chi connectivity index (χ1) is 11.8. The molecule has 0 aromatic carbocycles. The zero-order valence-corrected chi connectivity index (χ0v) is 18.6. The van der Waals surface area contributed by atoms with Crippen LogP contribution in [0.1, 0.15) is 32.4 Å². The third kappa shape index (κ3) is 6.42. The largest absolute Gasteiger partial charge is 0.370 e. The van der Waals surface area contributed by atoms with Crippen LogP contribution in [0, 0.1) is 5.41 Å². The summed E-state index contributed by atoms with van der Waals surface area (Å²) < 4.78 is 7.64. The van der Waals surface area contributed by atoms with E-state index >= 15 is 0 Å². The topological polar surface area (TPSA) is 83.8 Å². The minimum atomic E-state index is -0.372. The van der Waals surface area contributed by atoms with Gasteiger partial charge < -0.3 is 20.3 Å². The van der Waals surface area contributed by atoms with E-state index in [1.165, 1.54) is 0 Å². The van der Waals surface area contributed by atoms with Crippen LogP contribution in [-0.2, 0) is 16.6 Å². The van der Waals surface area contributed by atoms with E-state index < -0.39 is 0 Å². The molecule has 0 bridgehead atoms. The second-order valence-electron chi connectivity index (χ2n) is 7.23. The van der Waals surface area contributed by atoms with E-state index in [1.807, 2.05) is 40.2 Å². The molecule has 1 aromatic rings. The number of amides is 1. The van der Waals surface area contributed by atoms with Gasteiger partial charge in [-0.25, -0.2) is 0 Å². The summed E-state index contributed by atoms with van der Waals surface area (Å²) in [6.07, 6.45) is 3.81.